The van der Waals surface area contributed by atoms with Gasteiger partial charge in [-0.2, -0.15) is 0 Å². The van der Waals surface area contributed by atoms with E-state index >= 15 is 0 Å². The number of fused-ring (bicyclic) bond motifs is 1. The number of nitrogens with zero attached hydrogens (tertiary/aromatic N) is 2. The number of aromatic nitrogens is 2. The van der Waals surface area contributed by atoms with Gasteiger partial charge in [0.15, 0.2) is 0 Å². The molecule has 0 bridgehead atoms. The third kappa shape index (κ3) is 2.88. The highest BCUT2D eigenvalue weighted by Gasteiger charge is 2.07. The monoisotopic (exact) mass is 278 g/mol. The van der Waals surface area contributed by atoms with E-state index in [2.05, 4.69) is 15.3 Å². The highest BCUT2D eigenvalue weighted by Crippen LogP contribution is 2.17. The first kappa shape index (κ1) is 13.2. The van der Waals surface area contributed by atoms with Crippen LogP contribution in [-0.4, -0.2) is 15.9 Å². The van der Waals surface area contributed by atoms with Crippen LogP contribution < -0.4 is 11.1 Å². The fraction of sp³-hybridized carbons (Fsp3) is 0.0625. The summed E-state index contributed by atoms with van der Waals surface area (Å²) >= 11 is 0. The Balaban J connectivity index is 1.85. The molecule has 0 radical (unpaired) electrons. The van der Waals surface area contributed by atoms with E-state index in [0.29, 0.717) is 17.8 Å². The molecule has 0 aliphatic heterocycles. The van der Waals surface area contributed by atoms with E-state index in [1.165, 1.54) is 0 Å². The van der Waals surface area contributed by atoms with Crippen molar-refractivity contribution in [1.29, 1.82) is 0 Å². The number of amides is 1. The molecule has 2 heterocycles. The van der Waals surface area contributed by atoms with Crippen LogP contribution in [0.3, 0.4) is 0 Å². The van der Waals surface area contributed by atoms with Crippen LogP contribution in [0.4, 0.5) is 5.69 Å². The Hall–Kier alpha value is -2.79. The zero-order chi connectivity index (χ0) is 14.7. The second-order valence-corrected chi connectivity index (χ2v) is 4.60. The fourth-order valence-electron chi connectivity index (χ4n) is 2.09. The quantitative estimate of drug-likeness (QED) is 0.770. The van der Waals surface area contributed by atoms with Crippen molar-refractivity contribution in [2.75, 3.05) is 5.32 Å². The molecule has 3 N–H and O–H groups in total. The fourth-order valence-corrected chi connectivity index (χ4v) is 2.09. The lowest BCUT2D eigenvalue weighted by Gasteiger charge is -2.07. The molecule has 5 heteroatoms. The number of carbonyl (C=O) groups is 1. The maximum Gasteiger partial charge on any atom is 0.255 e. The van der Waals surface area contributed by atoms with Gasteiger partial charge in [0.2, 0.25) is 0 Å². The Morgan fingerprint density at radius 2 is 2.00 bits per heavy atom. The molecule has 0 unspecified atom stereocenters. The topological polar surface area (TPSA) is 80.9 Å². The van der Waals surface area contributed by atoms with E-state index in [1.54, 1.807) is 24.5 Å². The molecule has 104 valence electrons. The van der Waals surface area contributed by atoms with Crippen molar-refractivity contribution in [2.24, 2.45) is 5.73 Å². The van der Waals surface area contributed by atoms with E-state index in [9.17, 15) is 4.79 Å². The molecule has 0 spiro atoms. The predicted molar refractivity (Wildman–Crippen MR) is 81.8 cm³/mol. The molecule has 0 fully saturated rings. The minimum Gasteiger partial charge on any atom is -0.325 e. The molecule has 2 aromatic heterocycles. The number of nitrogens with two attached hydrogens (primary N) is 1. The highest BCUT2D eigenvalue weighted by atomic mass is 16.1. The van der Waals surface area contributed by atoms with Crippen LogP contribution in [0, 0.1) is 0 Å². The molecular formula is C16H14N4O. The zero-order valence-electron chi connectivity index (χ0n) is 11.3. The van der Waals surface area contributed by atoms with Gasteiger partial charge in [0.1, 0.15) is 0 Å². The number of nitrogens with one attached hydrogen (secondary N) is 1. The number of pyridine rings is 2. The van der Waals surface area contributed by atoms with Gasteiger partial charge in [0, 0.05) is 35.6 Å². The van der Waals surface area contributed by atoms with Crippen molar-refractivity contribution < 1.29 is 4.79 Å². The SMILES string of the molecule is NCc1cc(C(=O)Nc2ccc3ncccc3c2)ccn1. The summed E-state index contributed by atoms with van der Waals surface area (Å²) < 4.78 is 0. The largest absolute Gasteiger partial charge is 0.325 e. The van der Waals surface area contributed by atoms with Crippen molar-refractivity contribution in [3.63, 3.8) is 0 Å². The summed E-state index contributed by atoms with van der Waals surface area (Å²) in [5.41, 5.74) is 8.38. The van der Waals surface area contributed by atoms with E-state index in [-0.39, 0.29) is 5.91 Å². The summed E-state index contributed by atoms with van der Waals surface area (Å²) in [4.78, 5) is 20.5. The van der Waals surface area contributed by atoms with Gasteiger partial charge in [-0.25, -0.2) is 0 Å². The third-order valence-electron chi connectivity index (χ3n) is 3.15. The minimum absolute atomic E-state index is 0.185. The second-order valence-electron chi connectivity index (χ2n) is 4.60. The van der Waals surface area contributed by atoms with Crippen molar-refractivity contribution in [1.82, 2.24) is 9.97 Å². The number of rotatable bonds is 3. The third-order valence-corrected chi connectivity index (χ3v) is 3.15. The number of hydrogen-bond donors (Lipinski definition) is 2. The zero-order valence-corrected chi connectivity index (χ0v) is 11.3. The lowest BCUT2D eigenvalue weighted by Crippen LogP contribution is -2.13. The first-order valence-corrected chi connectivity index (χ1v) is 6.57. The van der Waals surface area contributed by atoms with Gasteiger partial charge in [-0.1, -0.05) is 6.07 Å². The molecule has 0 saturated carbocycles. The molecule has 5 nitrogen and oxygen atoms in total. The summed E-state index contributed by atoms with van der Waals surface area (Å²) in [7, 11) is 0. The van der Waals surface area contributed by atoms with Crippen LogP contribution in [0.2, 0.25) is 0 Å². The van der Waals surface area contributed by atoms with Gasteiger partial charge in [-0.15, -0.1) is 0 Å². The minimum atomic E-state index is -0.185. The Kier molecular flexibility index (Phi) is 3.57. The lowest BCUT2D eigenvalue weighted by atomic mass is 10.1. The molecule has 0 atom stereocenters. The average molecular weight is 278 g/mol. The van der Waals surface area contributed by atoms with Gasteiger partial charge in [0.25, 0.3) is 5.91 Å². The van der Waals surface area contributed by atoms with E-state index in [0.717, 1.165) is 16.6 Å². The van der Waals surface area contributed by atoms with Crippen molar-refractivity contribution in [3.8, 4) is 0 Å². The summed E-state index contributed by atoms with van der Waals surface area (Å²) in [6, 6.07) is 12.8. The van der Waals surface area contributed by atoms with Crippen LogP contribution in [0.1, 0.15) is 16.1 Å². The van der Waals surface area contributed by atoms with Crippen LogP contribution in [0.5, 0.6) is 0 Å². The molecule has 1 amide bonds. The average Bonchev–Trinajstić information content (AvgIpc) is 2.54. The summed E-state index contributed by atoms with van der Waals surface area (Å²) in [5, 5.41) is 3.85. The Morgan fingerprint density at radius 1 is 1.10 bits per heavy atom. The van der Waals surface area contributed by atoms with Crippen molar-refractivity contribution >= 4 is 22.5 Å². The second kappa shape index (κ2) is 5.68. The number of benzene rings is 1. The maximum absolute atomic E-state index is 12.2. The first-order chi connectivity index (χ1) is 10.3. The smallest absolute Gasteiger partial charge is 0.255 e. The normalized spacial score (nSPS) is 10.5. The lowest BCUT2D eigenvalue weighted by molar-refractivity contribution is 0.102. The maximum atomic E-state index is 12.2. The molecule has 3 aromatic rings. The van der Waals surface area contributed by atoms with Crippen LogP contribution >= 0.6 is 0 Å². The standard InChI is InChI=1S/C16H14N4O/c17-10-14-9-12(5-7-18-14)16(21)20-13-3-4-15-11(8-13)2-1-6-19-15/h1-9H,10,17H2,(H,20,21). The molecule has 3 rings (SSSR count). The van der Waals surface area contributed by atoms with Crippen LogP contribution in [-0.2, 0) is 6.54 Å². The Morgan fingerprint density at radius 3 is 2.86 bits per heavy atom. The molecule has 0 saturated heterocycles. The number of carbonyl (C=O) groups excluding carboxylic acids is 1. The van der Waals surface area contributed by atoms with E-state index in [1.807, 2.05) is 30.3 Å². The van der Waals surface area contributed by atoms with Crippen molar-refractivity contribution in [3.05, 3.63) is 66.1 Å². The number of anilines is 1. The molecule has 1 aromatic carbocycles. The van der Waals surface area contributed by atoms with Crippen molar-refractivity contribution in [2.45, 2.75) is 6.54 Å². The Labute approximate surface area is 121 Å². The summed E-state index contributed by atoms with van der Waals surface area (Å²) in [6.07, 6.45) is 3.33. The van der Waals surface area contributed by atoms with Crippen LogP contribution in [0.25, 0.3) is 10.9 Å². The summed E-state index contributed by atoms with van der Waals surface area (Å²) in [5.74, 6) is -0.185. The van der Waals surface area contributed by atoms with Gasteiger partial charge < -0.3 is 11.1 Å². The summed E-state index contributed by atoms with van der Waals surface area (Å²) in [6.45, 7) is 0.308. The van der Waals surface area contributed by atoms with Gasteiger partial charge in [-0.05, 0) is 36.4 Å². The van der Waals surface area contributed by atoms with Gasteiger partial charge >= 0.3 is 0 Å². The molecule has 21 heavy (non-hydrogen) atoms. The van der Waals surface area contributed by atoms with E-state index < -0.39 is 0 Å². The van der Waals surface area contributed by atoms with Gasteiger partial charge in [-0.3, -0.25) is 14.8 Å². The Bertz CT molecular complexity index is 801. The molecule has 0 aliphatic carbocycles. The van der Waals surface area contributed by atoms with Gasteiger partial charge in [0.05, 0.1) is 11.2 Å². The van der Waals surface area contributed by atoms with Crippen LogP contribution in [0.15, 0.2) is 54.9 Å². The highest BCUT2D eigenvalue weighted by molar-refractivity contribution is 6.05. The first-order valence-electron chi connectivity index (χ1n) is 6.57. The number of hydrogen-bond acceptors (Lipinski definition) is 4. The van der Waals surface area contributed by atoms with E-state index in [4.69, 9.17) is 5.73 Å². The molecule has 0 aliphatic rings. The molecular weight excluding hydrogens is 264 g/mol. The predicted octanol–water partition coefficient (Wildman–Crippen LogP) is 2.34.